The van der Waals surface area contributed by atoms with Gasteiger partial charge in [-0.3, -0.25) is 9.59 Å². The lowest BCUT2D eigenvalue weighted by Gasteiger charge is -2.30. The fourth-order valence-electron chi connectivity index (χ4n) is 2.77. The number of likely N-dealkylation sites (N-methyl/N-ethyl adjacent to an activating group) is 1. The molecule has 1 aromatic carbocycles. The van der Waals surface area contributed by atoms with Crippen LogP contribution in [-0.4, -0.2) is 48.0 Å². The third-order valence-corrected chi connectivity index (χ3v) is 4.23. The Balaban J connectivity index is 2.97. The van der Waals surface area contributed by atoms with E-state index < -0.39 is 17.7 Å². The van der Waals surface area contributed by atoms with Crippen molar-refractivity contribution in [2.24, 2.45) is 0 Å². The lowest BCUT2D eigenvalue weighted by molar-refractivity contribution is -0.140. The summed E-state index contributed by atoms with van der Waals surface area (Å²) in [7, 11) is 0. The van der Waals surface area contributed by atoms with Gasteiger partial charge in [0.15, 0.2) is 0 Å². The maximum Gasteiger partial charge on any atom is 0.408 e. The standard InChI is InChI=1S/C22H35N3O4/c1-7-9-14-23-20(27)19(17-12-10-16(3)11-13-17)25(8-2)18(26)15-24-21(28)29-22(4,5)6/h10-13,19H,7-9,14-15H2,1-6H3,(H,23,27)(H,24,28). The predicted molar refractivity (Wildman–Crippen MR) is 113 cm³/mol. The van der Waals surface area contributed by atoms with Crippen molar-refractivity contribution in [3.8, 4) is 0 Å². The summed E-state index contributed by atoms with van der Waals surface area (Å²) in [5.74, 6) is -0.579. The summed E-state index contributed by atoms with van der Waals surface area (Å²) < 4.78 is 5.17. The Labute approximate surface area is 174 Å². The highest BCUT2D eigenvalue weighted by Crippen LogP contribution is 2.22. The first-order chi connectivity index (χ1) is 13.6. The summed E-state index contributed by atoms with van der Waals surface area (Å²) in [5, 5.41) is 5.39. The Morgan fingerprint density at radius 1 is 1.07 bits per heavy atom. The van der Waals surface area contributed by atoms with Gasteiger partial charge < -0.3 is 20.3 Å². The van der Waals surface area contributed by atoms with Crippen molar-refractivity contribution in [1.82, 2.24) is 15.5 Å². The third kappa shape index (κ3) is 8.54. The summed E-state index contributed by atoms with van der Waals surface area (Å²) in [6.07, 6.45) is 1.17. The van der Waals surface area contributed by atoms with E-state index in [0.717, 1.165) is 24.0 Å². The molecule has 29 heavy (non-hydrogen) atoms. The number of benzene rings is 1. The number of unbranched alkanes of at least 4 members (excludes halogenated alkanes) is 1. The van der Waals surface area contributed by atoms with Crippen molar-refractivity contribution in [3.63, 3.8) is 0 Å². The van der Waals surface area contributed by atoms with Crippen LogP contribution in [0, 0.1) is 6.92 Å². The summed E-state index contributed by atoms with van der Waals surface area (Å²) in [6, 6.07) is 6.79. The number of hydrogen-bond acceptors (Lipinski definition) is 4. The molecule has 1 aromatic rings. The minimum Gasteiger partial charge on any atom is -0.444 e. The van der Waals surface area contributed by atoms with Gasteiger partial charge in [0.2, 0.25) is 11.8 Å². The van der Waals surface area contributed by atoms with Crippen molar-refractivity contribution < 1.29 is 19.1 Å². The Morgan fingerprint density at radius 3 is 2.21 bits per heavy atom. The molecule has 0 aliphatic rings. The van der Waals surface area contributed by atoms with Gasteiger partial charge in [0.25, 0.3) is 0 Å². The molecule has 1 atom stereocenters. The van der Waals surface area contributed by atoms with E-state index in [1.165, 1.54) is 4.90 Å². The first-order valence-electron chi connectivity index (χ1n) is 10.2. The Hall–Kier alpha value is -2.57. The number of nitrogens with one attached hydrogen (secondary N) is 2. The average Bonchev–Trinajstić information content (AvgIpc) is 2.63. The SMILES string of the molecule is CCCCNC(=O)C(c1ccc(C)cc1)N(CC)C(=O)CNC(=O)OC(C)(C)C. The topological polar surface area (TPSA) is 87.7 Å². The molecule has 1 rings (SSSR count). The van der Waals surface area contributed by atoms with Crippen LogP contribution in [0.4, 0.5) is 4.79 Å². The molecule has 0 radical (unpaired) electrons. The number of carbonyl (C=O) groups is 3. The van der Waals surface area contributed by atoms with E-state index in [1.807, 2.05) is 45.0 Å². The number of rotatable bonds is 9. The van der Waals surface area contributed by atoms with Crippen LogP contribution in [0.1, 0.15) is 64.6 Å². The van der Waals surface area contributed by atoms with Crippen LogP contribution < -0.4 is 10.6 Å². The number of nitrogens with zero attached hydrogens (tertiary/aromatic N) is 1. The molecule has 3 amide bonds. The fraction of sp³-hybridized carbons (Fsp3) is 0.591. The normalized spacial score (nSPS) is 12.1. The highest BCUT2D eigenvalue weighted by molar-refractivity contribution is 5.90. The maximum atomic E-state index is 12.9. The zero-order valence-corrected chi connectivity index (χ0v) is 18.5. The van der Waals surface area contributed by atoms with Crippen LogP contribution in [0.15, 0.2) is 24.3 Å². The second kappa shape index (κ2) is 11.4. The summed E-state index contributed by atoms with van der Waals surface area (Å²) in [6.45, 7) is 11.7. The van der Waals surface area contributed by atoms with E-state index >= 15 is 0 Å². The third-order valence-electron chi connectivity index (χ3n) is 4.23. The largest absolute Gasteiger partial charge is 0.444 e. The highest BCUT2D eigenvalue weighted by Gasteiger charge is 2.30. The van der Waals surface area contributed by atoms with Gasteiger partial charge in [-0.05, 0) is 46.6 Å². The van der Waals surface area contributed by atoms with E-state index in [9.17, 15) is 14.4 Å². The first kappa shape index (κ1) is 24.5. The van der Waals surface area contributed by atoms with E-state index in [-0.39, 0.29) is 18.4 Å². The maximum absolute atomic E-state index is 12.9. The predicted octanol–water partition coefficient (Wildman–Crippen LogP) is 3.33. The number of hydrogen-bond donors (Lipinski definition) is 2. The number of alkyl carbamates (subject to hydrolysis) is 1. The van der Waals surface area contributed by atoms with Crippen LogP contribution in [0.3, 0.4) is 0 Å². The second-order valence-corrected chi connectivity index (χ2v) is 7.99. The van der Waals surface area contributed by atoms with Crippen LogP contribution in [0.2, 0.25) is 0 Å². The molecular formula is C22H35N3O4. The quantitative estimate of drug-likeness (QED) is 0.617. The van der Waals surface area contributed by atoms with Gasteiger partial charge in [0.1, 0.15) is 18.2 Å². The smallest absolute Gasteiger partial charge is 0.408 e. The van der Waals surface area contributed by atoms with Gasteiger partial charge in [0.05, 0.1) is 0 Å². The first-order valence-corrected chi connectivity index (χ1v) is 10.2. The molecule has 0 spiro atoms. The highest BCUT2D eigenvalue weighted by atomic mass is 16.6. The van der Waals surface area contributed by atoms with Gasteiger partial charge in [-0.25, -0.2) is 4.79 Å². The Bertz CT molecular complexity index is 680. The van der Waals surface area contributed by atoms with E-state index in [2.05, 4.69) is 10.6 Å². The molecule has 0 aliphatic heterocycles. The van der Waals surface area contributed by atoms with Crippen molar-refractivity contribution in [2.45, 2.75) is 66.0 Å². The number of aryl methyl sites for hydroxylation is 1. The molecule has 0 bridgehead atoms. The van der Waals surface area contributed by atoms with Gasteiger partial charge in [0, 0.05) is 13.1 Å². The van der Waals surface area contributed by atoms with Gasteiger partial charge in [-0.2, -0.15) is 0 Å². The van der Waals surface area contributed by atoms with Crippen LogP contribution in [-0.2, 0) is 14.3 Å². The zero-order chi connectivity index (χ0) is 22.0. The van der Waals surface area contributed by atoms with Crippen LogP contribution >= 0.6 is 0 Å². The Kier molecular flexibility index (Phi) is 9.65. The molecular weight excluding hydrogens is 370 g/mol. The second-order valence-electron chi connectivity index (χ2n) is 7.99. The van der Waals surface area contributed by atoms with E-state index in [1.54, 1.807) is 20.8 Å². The molecule has 0 fully saturated rings. The van der Waals surface area contributed by atoms with Gasteiger partial charge in [-0.15, -0.1) is 0 Å². The van der Waals surface area contributed by atoms with Crippen molar-refractivity contribution >= 4 is 17.9 Å². The molecule has 2 N–H and O–H groups in total. The van der Waals surface area contributed by atoms with Gasteiger partial charge >= 0.3 is 6.09 Å². The summed E-state index contributed by atoms with van der Waals surface area (Å²) in [5.41, 5.74) is 1.15. The number of carbonyl (C=O) groups excluding carboxylic acids is 3. The number of amides is 3. The molecule has 1 unspecified atom stereocenters. The van der Waals surface area contributed by atoms with E-state index in [4.69, 9.17) is 4.74 Å². The molecule has 7 heteroatoms. The molecule has 162 valence electrons. The molecule has 0 saturated heterocycles. The monoisotopic (exact) mass is 405 g/mol. The van der Waals surface area contributed by atoms with Crippen molar-refractivity contribution in [3.05, 3.63) is 35.4 Å². The molecule has 0 aliphatic carbocycles. The van der Waals surface area contributed by atoms with Crippen molar-refractivity contribution in [2.75, 3.05) is 19.6 Å². The van der Waals surface area contributed by atoms with Crippen LogP contribution in [0.25, 0.3) is 0 Å². The molecule has 0 aromatic heterocycles. The minimum atomic E-state index is -0.759. The summed E-state index contributed by atoms with van der Waals surface area (Å²) >= 11 is 0. The fourth-order valence-corrected chi connectivity index (χ4v) is 2.77. The van der Waals surface area contributed by atoms with Gasteiger partial charge in [-0.1, -0.05) is 43.2 Å². The van der Waals surface area contributed by atoms with Crippen molar-refractivity contribution in [1.29, 1.82) is 0 Å². The zero-order valence-electron chi connectivity index (χ0n) is 18.5. The number of ether oxygens (including phenoxy) is 1. The summed E-state index contributed by atoms with van der Waals surface area (Å²) in [4.78, 5) is 39.1. The molecule has 7 nitrogen and oxygen atoms in total. The van der Waals surface area contributed by atoms with Crippen LogP contribution in [0.5, 0.6) is 0 Å². The molecule has 0 saturated carbocycles. The Morgan fingerprint density at radius 2 is 1.69 bits per heavy atom. The lowest BCUT2D eigenvalue weighted by atomic mass is 10.0. The molecule has 0 heterocycles. The average molecular weight is 406 g/mol. The van der Waals surface area contributed by atoms with E-state index in [0.29, 0.717) is 13.1 Å². The minimum absolute atomic E-state index is 0.227. The lowest BCUT2D eigenvalue weighted by Crippen LogP contribution is -2.47.